The van der Waals surface area contributed by atoms with E-state index in [4.69, 9.17) is 0 Å². The number of rotatable bonds is 7. The first kappa shape index (κ1) is 28.4. The van der Waals surface area contributed by atoms with Crippen molar-refractivity contribution in [3.05, 3.63) is 80.9 Å². The molecule has 2 heterocycles. The lowest BCUT2D eigenvalue weighted by molar-refractivity contribution is -0.131. The first-order valence-electron chi connectivity index (χ1n) is 13.0. The fraction of sp³-hybridized carbons (Fsp3) is 0.333. The SMILES string of the molecule is CC1=C(CCC2=C(C)C(N=Nc3cc(C)cc(C)c3)C(=O)NC2=O)C(=O)NC(=O)C1N=Nc1cc(C)cc(C)c1. The molecule has 2 aliphatic rings. The lowest BCUT2D eigenvalue weighted by atomic mass is 9.89. The Morgan fingerprint density at radius 2 is 0.875 bits per heavy atom. The van der Waals surface area contributed by atoms with E-state index >= 15 is 0 Å². The average molecular weight is 541 g/mol. The van der Waals surface area contributed by atoms with Crippen molar-refractivity contribution in [3.8, 4) is 0 Å². The maximum atomic E-state index is 12.7. The first-order chi connectivity index (χ1) is 18.9. The van der Waals surface area contributed by atoms with Gasteiger partial charge in [-0.1, -0.05) is 12.1 Å². The van der Waals surface area contributed by atoms with E-state index in [2.05, 4.69) is 31.1 Å². The Hall–Kier alpha value is -4.60. The second-order valence-corrected chi connectivity index (χ2v) is 10.4. The predicted molar refractivity (Wildman–Crippen MR) is 149 cm³/mol. The molecule has 2 atom stereocenters. The molecule has 0 fully saturated rings. The van der Waals surface area contributed by atoms with Crippen LogP contribution in [0.2, 0.25) is 0 Å². The summed E-state index contributed by atoms with van der Waals surface area (Å²) in [5, 5.41) is 21.7. The molecule has 10 heteroatoms. The minimum Gasteiger partial charge on any atom is -0.290 e. The van der Waals surface area contributed by atoms with Gasteiger partial charge in [-0.05, 0) is 112 Å². The Bertz CT molecular complexity index is 1390. The van der Waals surface area contributed by atoms with Crippen LogP contribution in [-0.4, -0.2) is 35.7 Å². The summed E-state index contributed by atoms with van der Waals surface area (Å²) in [5.41, 5.74) is 6.94. The lowest BCUT2D eigenvalue weighted by Gasteiger charge is -2.24. The van der Waals surface area contributed by atoms with Crippen LogP contribution in [0.3, 0.4) is 0 Å². The summed E-state index contributed by atoms with van der Waals surface area (Å²) in [6.45, 7) is 11.1. The van der Waals surface area contributed by atoms with Gasteiger partial charge in [0, 0.05) is 11.1 Å². The van der Waals surface area contributed by atoms with E-state index in [1.165, 1.54) is 0 Å². The molecule has 206 valence electrons. The molecule has 0 bridgehead atoms. The highest BCUT2D eigenvalue weighted by atomic mass is 16.2. The van der Waals surface area contributed by atoms with Gasteiger partial charge in [-0.2, -0.15) is 20.5 Å². The van der Waals surface area contributed by atoms with Crippen LogP contribution in [0, 0.1) is 27.7 Å². The molecule has 2 N–H and O–H groups in total. The smallest absolute Gasteiger partial charge is 0.257 e. The van der Waals surface area contributed by atoms with Gasteiger partial charge in [0.05, 0.1) is 11.4 Å². The molecule has 0 saturated carbocycles. The standard InChI is InChI=1S/C30H32N6O4/c1-15-9-16(2)12-21(11-15)33-35-25-19(5)23(27(37)31-29(25)39)7-8-24-20(6)26(30(40)32-28(24)38)36-34-22-13-17(3)10-18(4)14-22/h9-14,25-26H,7-8H2,1-6H3,(H,31,37,39)(H,32,38,40). The van der Waals surface area contributed by atoms with Crippen molar-refractivity contribution in [1.29, 1.82) is 0 Å². The molecule has 0 aliphatic carbocycles. The van der Waals surface area contributed by atoms with Crippen LogP contribution >= 0.6 is 0 Å². The molecule has 40 heavy (non-hydrogen) atoms. The van der Waals surface area contributed by atoms with Gasteiger partial charge < -0.3 is 0 Å². The van der Waals surface area contributed by atoms with E-state index in [1.807, 2.05) is 64.1 Å². The van der Waals surface area contributed by atoms with Crippen molar-refractivity contribution in [2.75, 3.05) is 0 Å². The summed E-state index contributed by atoms with van der Waals surface area (Å²) in [6, 6.07) is 9.51. The predicted octanol–water partition coefficient (Wildman–Crippen LogP) is 5.25. The number of imide groups is 2. The lowest BCUT2D eigenvalue weighted by Crippen LogP contribution is -2.45. The van der Waals surface area contributed by atoms with Gasteiger partial charge in [0.15, 0.2) is 12.1 Å². The maximum Gasteiger partial charge on any atom is 0.257 e. The Kier molecular flexibility index (Phi) is 8.27. The Morgan fingerprint density at radius 3 is 1.20 bits per heavy atom. The summed E-state index contributed by atoms with van der Waals surface area (Å²) in [7, 11) is 0. The molecule has 10 nitrogen and oxygen atoms in total. The third-order valence-electron chi connectivity index (χ3n) is 6.91. The van der Waals surface area contributed by atoms with E-state index < -0.39 is 35.7 Å². The molecule has 2 aromatic carbocycles. The van der Waals surface area contributed by atoms with E-state index in [9.17, 15) is 19.2 Å². The maximum absolute atomic E-state index is 12.7. The van der Waals surface area contributed by atoms with Crippen molar-refractivity contribution in [2.24, 2.45) is 20.5 Å². The topological polar surface area (TPSA) is 142 Å². The molecule has 2 unspecified atom stereocenters. The van der Waals surface area contributed by atoms with Gasteiger partial charge in [-0.25, -0.2) is 0 Å². The van der Waals surface area contributed by atoms with Crippen LogP contribution in [-0.2, 0) is 19.2 Å². The van der Waals surface area contributed by atoms with Crippen molar-refractivity contribution < 1.29 is 19.2 Å². The average Bonchev–Trinajstić information content (AvgIpc) is 2.84. The second kappa shape index (κ2) is 11.6. The van der Waals surface area contributed by atoms with Crippen molar-refractivity contribution >= 4 is 35.0 Å². The highest BCUT2D eigenvalue weighted by molar-refractivity contribution is 6.12. The number of hydrogen-bond acceptors (Lipinski definition) is 8. The number of amides is 4. The number of hydrogen-bond donors (Lipinski definition) is 2. The van der Waals surface area contributed by atoms with Crippen LogP contribution < -0.4 is 10.6 Å². The summed E-state index contributed by atoms with van der Waals surface area (Å²) < 4.78 is 0. The van der Waals surface area contributed by atoms with Crippen LogP contribution in [0.25, 0.3) is 0 Å². The van der Waals surface area contributed by atoms with Crippen LogP contribution in [0.1, 0.15) is 48.9 Å². The highest BCUT2D eigenvalue weighted by Crippen LogP contribution is 2.29. The number of benzene rings is 2. The number of carbonyl (C=O) groups excluding carboxylic acids is 4. The quantitative estimate of drug-likeness (QED) is 0.365. The minimum absolute atomic E-state index is 0.162. The monoisotopic (exact) mass is 540 g/mol. The number of aryl methyl sites for hydroxylation is 4. The van der Waals surface area contributed by atoms with Gasteiger partial charge in [0.25, 0.3) is 23.6 Å². The Labute approximate surface area is 232 Å². The summed E-state index contributed by atoms with van der Waals surface area (Å²) in [4.78, 5) is 50.6. The minimum atomic E-state index is -0.968. The van der Waals surface area contributed by atoms with Crippen LogP contribution in [0.15, 0.2) is 79.1 Å². The molecule has 0 aromatic heterocycles. The molecule has 0 radical (unpaired) electrons. The second-order valence-electron chi connectivity index (χ2n) is 10.4. The molecule has 0 spiro atoms. The van der Waals surface area contributed by atoms with E-state index in [-0.39, 0.29) is 12.8 Å². The fourth-order valence-corrected chi connectivity index (χ4v) is 5.01. The normalized spacial score (nSPS) is 20.1. The number of nitrogens with zero attached hydrogens (tertiary/aromatic N) is 4. The molecular weight excluding hydrogens is 508 g/mol. The molecule has 4 rings (SSSR count). The van der Waals surface area contributed by atoms with Gasteiger partial charge >= 0.3 is 0 Å². The van der Waals surface area contributed by atoms with Crippen molar-refractivity contribution in [1.82, 2.24) is 10.6 Å². The highest BCUT2D eigenvalue weighted by Gasteiger charge is 2.35. The number of nitrogens with one attached hydrogen (secondary N) is 2. The summed E-state index contributed by atoms with van der Waals surface area (Å²) in [5.74, 6) is -2.17. The Morgan fingerprint density at radius 1 is 0.550 bits per heavy atom. The molecular formula is C30H32N6O4. The molecule has 0 saturated heterocycles. The van der Waals surface area contributed by atoms with E-state index in [1.54, 1.807) is 13.8 Å². The zero-order chi connectivity index (χ0) is 29.1. The van der Waals surface area contributed by atoms with Crippen molar-refractivity contribution in [2.45, 2.75) is 66.5 Å². The molecule has 2 aromatic rings. The van der Waals surface area contributed by atoms with Crippen molar-refractivity contribution in [3.63, 3.8) is 0 Å². The van der Waals surface area contributed by atoms with Gasteiger partial charge in [0.1, 0.15) is 0 Å². The summed E-state index contributed by atoms with van der Waals surface area (Å²) >= 11 is 0. The van der Waals surface area contributed by atoms with Crippen LogP contribution in [0.4, 0.5) is 11.4 Å². The number of carbonyl (C=O) groups is 4. The fourth-order valence-electron chi connectivity index (χ4n) is 5.01. The van der Waals surface area contributed by atoms with E-state index in [0.29, 0.717) is 33.7 Å². The van der Waals surface area contributed by atoms with Gasteiger partial charge in [-0.3, -0.25) is 29.8 Å². The molecule has 4 amide bonds. The Balaban J connectivity index is 1.57. The van der Waals surface area contributed by atoms with Gasteiger partial charge in [-0.15, -0.1) is 0 Å². The number of azo groups is 2. The zero-order valence-corrected chi connectivity index (χ0v) is 23.5. The zero-order valence-electron chi connectivity index (χ0n) is 23.5. The molecule has 2 aliphatic heterocycles. The van der Waals surface area contributed by atoms with Crippen LogP contribution in [0.5, 0.6) is 0 Å². The third-order valence-corrected chi connectivity index (χ3v) is 6.91. The summed E-state index contributed by atoms with van der Waals surface area (Å²) in [6.07, 6.45) is 0.325. The van der Waals surface area contributed by atoms with Gasteiger partial charge in [0.2, 0.25) is 0 Å². The third kappa shape index (κ3) is 6.33. The largest absolute Gasteiger partial charge is 0.290 e. The first-order valence-corrected chi connectivity index (χ1v) is 13.0. The van der Waals surface area contributed by atoms with E-state index in [0.717, 1.165) is 22.3 Å².